The summed E-state index contributed by atoms with van der Waals surface area (Å²) in [6, 6.07) is 13.0. The summed E-state index contributed by atoms with van der Waals surface area (Å²) in [7, 11) is 0. The van der Waals surface area contributed by atoms with Crippen LogP contribution in [0.25, 0.3) is 6.08 Å². The summed E-state index contributed by atoms with van der Waals surface area (Å²) in [6.45, 7) is 0. The molecule has 0 unspecified atom stereocenters. The van der Waals surface area contributed by atoms with Crippen molar-refractivity contribution >= 4 is 35.1 Å². The lowest BCUT2D eigenvalue weighted by molar-refractivity contribution is 0.103. The van der Waals surface area contributed by atoms with E-state index in [0.717, 1.165) is 22.3 Å². The number of halogens is 2. The highest BCUT2D eigenvalue weighted by Crippen LogP contribution is 2.30. The summed E-state index contributed by atoms with van der Waals surface area (Å²) >= 11 is 12.0. The van der Waals surface area contributed by atoms with Crippen molar-refractivity contribution in [1.29, 1.82) is 0 Å². The molecule has 0 aromatic heterocycles. The molecule has 0 N–H and O–H groups in total. The number of hydrogen-bond donors (Lipinski definition) is 0. The molecule has 2 aromatic carbocycles. The zero-order chi connectivity index (χ0) is 13.4. The number of benzene rings is 2. The molecule has 2 aromatic rings. The van der Waals surface area contributed by atoms with Gasteiger partial charge in [0.25, 0.3) is 0 Å². The van der Waals surface area contributed by atoms with Crippen LogP contribution in [0, 0.1) is 0 Å². The van der Waals surface area contributed by atoms with Gasteiger partial charge in [-0.25, -0.2) is 0 Å². The van der Waals surface area contributed by atoms with Gasteiger partial charge in [-0.3, -0.25) is 4.79 Å². The molecule has 1 nitrogen and oxygen atoms in total. The number of carbonyl (C=O) groups excluding carboxylic acids is 1. The fourth-order valence-corrected chi connectivity index (χ4v) is 2.73. The number of allylic oxidation sites excluding steroid dienone is 1. The van der Waals surface area contributed by atoms with E-state index < -0.39 is 0 Å². The van der Waals surface area contributed by atoms with Crippen molar-refractivity contribution in [2.75, 3.05) is 0 Å². The van der Waals surface area contributed by atoms with Gasteiger partial charge in [-0.1, -0.05) is 53.5 Å². The molecule has 0 spiro atoms. The van der Waals surface area contributed by atoms with Crippen LogP contribution < -0.4 is 0 Å². The van der Waals surface area contributed by atoms with Crippen molar-refractivity contribution in [2.45, 2.75) is 6.42 Å². The lowest BCUT2D eigenvalue weighted by Gasteiger charge is -2.05. The van der Waals surface area contributed by atoms with Crippen molar-refractivity contribution in [3.05, 3.63) is 74.8 Å². The zero-order valence-electron chi connectivity index (χ0n) is 9.99. The largest absolute Gasteiger partial charge is 0.289 e. The molecule has 0 aliphatic heterocycles. The highest BCUT2D eigenvalue weighted by atomic mass is 35.5. The quantitative estimate of drug-likeness (QED) is 0.775. The molecule has 1 aliphatic carbocycles. The number of ketones is 1. The van der Waals surface area contributed by atoms with Gasteiger partial charge in [0.2, 0.25) is 0 Å². The monoisotopic (exact) mass is 288 g/mol. The average molecular weight is 289 g/mol. The lowest BCUT2D eigenvalue weighted by atomic mass is 10.0. The minimum absolute atomic E-state index is 0.0848. The van der Waals surface area contributed by atoms with Gasteiger partial charge in [-0.05, 0) is 29.3 Å². The smallest absolute Gasteiger partial charge is 0.189 e. The van der Waals surface area contributed by atoms with Crippen molar-refractivity contribution in [3.8, 4) is 0 Å². The number of hydrogen-bond acceptors (Lipinski definition) is 1. The van der Waals surface area contributed by atoms with Gasteiger partial charge in [0.05, 0.1) is 0 Å². The molecule has 0 saturated heterocycles. The zero-order valence-corrected chi connectivity index (χ0v) is 11.5. The Morgan fingerprint density at radius 1 is 1.00 bits per heavy atom. The molecule has 0 fully saturated rings. The molecule has 3 heteroatoms. The second kappa shape index (κ2) is 4.84. The van der Waals surface area contributed by atoms with E-state index >= 15 is 0 Å². The molecular formula is C16H10Cl2O. The Labute approximate surface area is 121 Å². The van der Waals surface area contributed by atoms with Crippen LogP contribution in [0.1, 0.15) is 21.5 Å². The number of rotatable bonds is 2. The van der Waals surface area contributed by atoms with E-state index in [0.29, 0.717) is 16.5 Å². The molecule has 1 aliphatic rings. The minimum Gasteiger partial charge on any atom is -0.289 e. The van der Waals surface area contributed by atoms with Gasteiger partial charge in [-0.15, -0.1) is 0 Å². The van der Waals surface area contributed by atoms with Crippen LogP contribution in [-0.4, -0.2) is 5.78 Å². The van der Waals surface area contributed by atoms with E-state index in [2.05, 4.69) is 0 Å². The normalized spacial score (nSPS) is 13.4. The van der Waals surface area contributed by atoms with Gasteiger partial charge in [0.15, 0.2) is 5.78 Å². The second-order valence-electron chi connectivity index (χ2n) is 4.50. The van der Waals surface area contributed by atoms with E-state index in [1.54, 1.807) is 12.1 Å². The molecule has 0 heterocycles. The Morgan fingerprint density at radius 3 is 2.53 bits per heavy atom. The van der Waals surface area contributed by atoms with Crippen LogP contribution in [0.2, 0.25) is 10.0 Å². The van der Waals surface area contributed by atoms with Crippen molar-refractivity contribution in [3.63, 3.8) is 0 Å². The summed E-state index contributed by atoms with van der Waals surface area (Å²) in [6.07, 6.45) is 2.46. The summed E-state index contributed by atoms with van der Waals surface area (Å²) in [4.78, 5) is 12.2. The fourth-order valence-electron chi connectivity index (χ4n) is 2.26. The van der Waals surface area contributed by atoms with E-state index in [1.165, 1.54) is 0 Å². The van der Waals surface area contributed by atoms with Crippen LogP contribution in [0.4, 0.5) is 0 Å². The molecule has 0 saturated carbocycles. The van der Waals surface area contributed by atoms with Crippen molar-refractivity contribution < 1.29 is 4.79 Å². The van der Waals surface area contributed by atoms with Crippen LogP contribution in [0.15, 0.2) is 48.0 Å². The molecule has 19 heavy (non-hydrogen) atoms. The van der Waals surface area contributed by atoms with Crippen LogP contribution in [-0.2, 0) is 6.42 Å². The maximum Gasteiger partial charge on any atom is 0.189 e. The molecule has 0 atom stereocenters. The lowest BCUT2D eigenvalue weighted by Crippen LogP contribution is -2.01. The first-order valence-corrected chi connectivity index (χ1v) is 6.69. The maximum absolute atomic E-state index is 12.2. The van der Waals surface area contributed by atoms with Crippen molar-refractivity contribution in [1.82, 2.24) is 0 Å². The summed E-state index contributed by atoms with van der Waals surface area (Å²) in [5.41, 5.74) is 3.43. The molecule has 3 rings (SSSR count). The molecule has 0 amide bonds. The Hall–Kier alpha value is -1.57. The fraction of sp³-hybridized carbons (Fsp3) is 0.0625. The molecular weight excluding hydrogens is 279 g/mol. The van der Waals surface area contributed by atoms with Gasteiger partial charge < -0.3 is 0 Å². The van der Waals surface area contributed by atoms with Gasteiger partial charge >= 0.3 is 0 Å². The van der Waals surface area contributed by atoms with E-state index in [4.69, 9.17) is 23.2 Å². The highest BCUT2D eigenvalue weighted by Gasteiger charge is 2.22. The summed E-state index contributed by atoms with van der Waals surface area (Å²) < 4.78 is 0. The second-order valence-corrected chi connectivity index (χ2v) is 5.34. The first kappa shape index (κ1) is 12.5. The maximum atomic E-state index is 12.2. The molecule has 0 bridgehead atoms. The van der Waals surface area contributed by atoms with E-state index in [1.807, 2.05) is 36.4 Å². The van der Waals surface area contributed by atoms with E-state index in [9.17, 15) is 4.79 Å². The standard InChI is InChI=1S/C16H10Cl2O/c17-13-6-5-11(15(18)9-13)8-12-7-10-3-1-2-4-14(10)16(12)19/h1-7,9H,8H2. The van der Waals surface area contributed by atoms with Crippen molar-refractivity contribution in [2.24, 2.45) is 0 Å². The third-order valence-electron chi connectivity index (χ3n) is 3.22. The van der Waals surface area contributed by atoms with Crippen LogP contribution in [0.5, 0.6) is 0 Å². The summed E-state index contributed by atoms with van der Waals surface area (Å²) in [5, 5.41) is 1.20. The van der Waals surface area contributed by atoms with Gasteiger partial charge in [-0.2, -0.15) is 0 Å². The number of fused-ring (bicyclic) bond motifs is 1. The Bertz CT molecular complexity index is 702. The predicted octanol–water partition coefficient (Wildman–Crippen LogP) is 4.82. The average Bonchev–Trinajstić information content (AvgIpc) is 2.70. The predicted molar refractivity (Wildman–Crippen MR) is 78.9 cm³/mol. The Morgan fingerprint density at radius 2 is 1.79 bits per heavy atom. The first-order valence-electron chi connectivity index (χ1n) is 5.93. The summed E-state index contributed by atoms with van der Waals surface area (Å²) in [5.74, 6) is 0.0848. The van der Waals surface area contributed by atoms with Gasteiger partial charge in [0.1, 0.15) is 0 Å². The van der Waals surface area contributed by atoms with Crippen LogP contribution >= 0.6 is 23.2 Å². The highest BCUT2D eigenvalue weighted by molar-refractivity contribution is 6.35. The SMILES string of the molecule is O=C1C(Cc2ccc(Cl)cc2Cl)=Cc2ccccc21. The van der Waals surface area contributed by atoms with Crippen LogP contribution in [0.3, 0.4) is 0 Å². The third-order valence-corrected chi connectivity index (χ3v) is 3.81. The van der Waals surface area contributed by atoms with Gasteiger partial charge in [0, 0.05) is 27.6 Å². The Kier molecular flexibility index (Phi) is 3.17. The number of Topliss-reactive ketones (excluding diaryl/α,β-unsaturated/α-hetero) is 1. The number of carbonyl (C=O) groups is 1. The Balaban J connectivity index is 1.92. The first-order chi connectivity index (χ1) is 9.15. The topological polar surface area (TPSA) is 17.1 Å². The van der Waals surface area contributed by atoms with E-state index in [-0.39, 0.29) is 5.78 Å². The molecule has 94 valence electrons. The minimum atomic E-state index is 0.0848. The molecule has 0 radical (unpaired) electrons. The third kappa shape index (κ3) is 2.32.